The van der Waals surface area contributed by atoms with E-state index in [0.29, 0.717) is 0 Å². The van der Waals surface area contributed by atoms with Crippen molar-refractivity contribution in [2.75, 3.05) is 13.2 Å². The van der Waals surface area contributed by atoms with E-state index in [1.165, 1.54) is 135 Å². The summed E-state index contributed by atoms with van der Waals surface area (Å²) in [7, 11) is -4.58. The number of unbranched alkanes of at least 4 members (excludes halogenated alkanes) is 20. The molecule has 0 N–H and O–H groups in total. The third-order valence-corrected chi connectivity index (χ3v) is 9.40. The summed E-state index contributed by atoms with van der Waals surface area (Å²) in [5.74, 6) is -1.48. The molecule has 0 saturated carbocycles. The quantitative estimate of drug-likeness (QED) is 0.0440. The summed E-state index contributed by atoms with van der Waals surface area (Å²) < 4.78 is 44.1. The van der Waals surface area contributed by atoms with Gasteiger partial charge in [-0.1, -0.05) is 154 Å². The van der Waals surface area contributed by atoms with Crippen molar-refractivity contribution < 1.29 is 61.6 Å². The zero-order valence-electron chi connectivity index (χ0n) is 28.1. The fraction of sp³-hybridized carbons (Fsp3) is 0.771. The van der Waals surface area contributed by atoms with Crippen LogP contribution in [0.25, 0.3) is 0 Å². The van der Waals surface area contributed by atoms with Gasteiger partial charge in [0.05, 0.1) is 23.0 Å². The minimum atomic E-state index is -4.58. The summed E-state index contributed by atoms with van der Waals surface area (Å²) in [4.78, 5) is 25.0. The predicted molar refractivity (Wildman–Crippen MR) is 173 cm³/mol. The Balaban J connectivity index is 0.0000185. The molecule has 0 spiro atoms. The summed E-state index contributed by atoms with van der Waals surface area (Å²) in [6.07, 6.45) is 27.5. The first-order chi connectivity index (χ1) is 20.8. The maximum absolute atomic E-state index is 12.6. The van der Waals surface area contributed by atoms with Crippen molar-refractivity contribution in [2.45, 2.75) is 160 Å². The summed E-state index contributed by atoms with van der Waals surface area (Å²) in [6.45, 7) is 3.52. The van der Waals surface area contributed by atoms with Crippen molar-refractivity contribution in [3.05, 3.63) is 35.4 Å². The van der Waals surface area contributed by atoms with Crippen LogP contribution in [-0.4, -0.2) is 43.4 Å². The predicted octanol–water partition coefficient (Wildman–Crippen LogP) is 6.54. The fourth-order valence-electron chi connectivity index (χ4n) is 5.27. The van der Waals surface area contributed by atoms with Crippen molar-refractivity contribution in [1.82, 2.24) is 0 Å². The number of rotatable bonds is 28. The first kappa shape index (κ1) is 43.1. The van der Waals surface area contributed by atoms with Gasteiger partial charge in [-0.05, 0) is 25.0 Å². The average molecular weight is 647 g/mol. The number of hydrogen-bond donors (Lipinski definition) is 0. The van der Waals surface area contributed by atoms with Gasteiger partial charge in [0.2, 0.25) is 0 Å². The molecule has 1 aromatic carbocycles. The first-order valence-corrected chi connectivity index (χ1v) is 18.7. The Kier molecular flexibility index (Phi) is 27.7. The van der Waals surface area contributed by atoms with Crippen LogP contribution in [0.5, 0.6) is 0 Å². The van der Waals surface area contributed by atoms with Crippen LogP contribution in [0.1, 0.15) is 176 Å². The van der Waals surface area contributed by atoms with Gasteiger partial charge in [0.15, 0.2) is 0 Å². The molecule has 0 heterocycles. The monoisotopic (exact) mass is 646 g/mol. The summed E-state index contributed by atoms with van der Waals surface area (Å²) in [6, 6.07) is 6.08. The van der Waals surface area contributed by atoms with Gasteiger partial charge in [-0.25, -0.2) is 18.0 Å². The summed E-state index contributed by atoms with van der Waals surface area (Å²) in [5.41, 5.74) is 0.0541. The number of hydrogen-bond acceptors (Lipinski definition) is 7. The molecule has 0 aliphatic rings. The third kappa shape index (κ3) is 21.7. The molecule has 1 aromatic rings. The molecule has 1 atom stereocenters. The summed E-state index contributed by atoms with van der Waals surface area (Å²) in [5, 5.41) is -1.32. The van der Waals surface area contributed by atoms with E-state index < -0.39 is 33.9 Å². The first-order valence-electron chi connectivity index (χ1n) is 17.2. The molecule has 0 aromatic heterocycles. The maximum Gasteiger partial charge on any atom is 1.00 e. The van der Waals surface area contributed by atoms with E-state index in [-0.39, 0.29) is 53.7 Å². The number of benzene rings is 1. The van der Waals surface area contributed by atoms with E-state index >= 15 is 0 Å². The summed E-state index contributed by atoms with van der Waals surface area (Å²) >= 11 is 0. The molecule has 7 nitrogen and oxygen atoms in total. The minimum absolute atomic E-state index is 0. The normalized spacial score (nSPS) is 12.0. The zero-order valence-corrected chi connectivity index (χ0v) is 30.9. The number of ether oxygens (including phenoxy) is 2. The zero-order chi connectivity index (χ0) is 31.6. The molecule has 0 bridgehead atoms. The van der Waals surface area contributed by atoms with Gasteiger partial charge in [0.25, 0.3) is 0 Å². The van der Waals surface area contributed by atoms with Gasteiger partial charge in [0, 0.05) is 0 Å². The Labute approximate surface area is 291 Å². The molecule has 0 amide bonds. The van der Waals surface area contributed by atoms with Crippen LogP contribution in [0.3, 0.4) is 0 Å². The molecular formula is C35H59NaO7S. The van der Waals surface area contributed by atoms with Gasteiger partial charge in [-0.15, -0.1) is 0 Å². The van der Waals surface area contributed by atoms with E-state index in [0.717, 1.165) is 19.3 Å². The molecule has 1 unspecified atom stereocenters. The Hall–Kier alpha value is -0.930. The van der Waals surface area contributed by atoms with Crippen LogP contribution in [-0.2, 0) is 19.6 Å². The Morgan fingerprint density at radius 1 is 0.614 bits per heavy atom. The van der Waals surface area contributed by atoms with Crippen LogP contribution in [0.4, 0.5) is 0 Å². The molecule has 248 valence electrons. The number of carbonyl (C=O) groups is 2. The van der Waals surface area contributed by atoms with Gasteiger partial charge in [0.1, 0.15) is 16.7 Å². The number of esters is 2. The molecule has 0 saturated heterocycles. The van der Waals surface area contributed by atoms with Gasteiger partial charge >= 0.3 is 41.5 Å². The maximum atomic E-state index is 12.6. The van der Waals surface area contributed by atoms with E-state index in [9.17, 15) is 22.6 Å². The van der Waals surface area contributed by atoms with E-state index in [2.05, 4.69) is 6.92 Å². The van der Waals surface area contributed by atoms with E-state index in [1.54, 1.807) is 12.1 Å². The van der Waals surface area contributed by atoms with E-state index in [4.69, 9.17) is 9.47 Å². The SMILES string of the molecule is CCCCCCCCCCCCCCCCCCCCCCCOC(=O)c1ccccc1C(=O)OCC(CC)S(=O)(=O)[O-].[Na+]. The van der Waals surface area contributed by atoms with Crippen molar-refractivity contribution >= 4 is 22.1 Å². The van der Waals surface area contributed by atoms with Gasteiger partial charge < -0.3 is 14.0 Å². The van der Waals surface area contributed by atoms with Crippen LogP contribution >= 0.6 is 0 Å². The molecule has 9 heteroatoms. The molecule has 0 aliphatic carbocycles. The van der Waals surface area contributed by atoms with Crippen molar-refractivity contribution in [2.24, 2.45) is 0 Å². The topological polar surface area (TPSA) is 110 Å². The van der Waals surface area contributed by atoms with Crippen LogP contribution in [0, 0.1) is 0 Å². The molecular weight excluding hydrogens is 587 g/mol. The Morgan fingerprint density at radius 3 is 1.30 bits per heavy atom. The van der Waals surface area contributed by atoms with Crippen LogP contribution in [0.15, 0.2) is 24.3 Å². The standard InChI is InChI=1S/C35H60O7S.Na/c1-3-5-6-7-8-9-10-11-12-13-14-15-16-17-18-19-20-21-22-23-26-29-41-34(36)32-27-24-25-28-33(32)35(37)42-30-31(4-2)43(38,39)40;/h24-25,27-28,31H,3-23,26,29-30H2,1-2H3,(H,38,39,40);/q;+1/p-1. The minimum Gasteiger partial charge on any atom is -0.748 e. The molecule has 0 fully saturated rings. The second kappa shape index (κ2) is 28.3. The third-order valence-electron chi connectivity index (χ3n) is 8.11. The van der Waals surface area contributed by atoms with Gasteiger partial charge in [-0.2, -0.15) is 0 Å². The smallest absolute Gasteiger partial charge is 0.748 e. The van der Waals surface area contributed by atoms with Crippen LogP contribution < -0.4 is 29.6 Å². The van der Waals surface area contributed by atoms with Crippen molar-refractivity contribution in [3.8, 4) is 0 Å². The molecule has 0 aliphatic heterocycles. The Bertz CT molecular complexity index is 968. The van der Waals surface area contributed by atoms with Gasteiger partial charge in [-0.3, -0.25) is 0 Å². The molecule has 44 heavy (non-hydrogen) atoms. The van der Waals surface area contributed by atoms with Crippen molar-refractivity contribution in [3.63, 3.8) is 0 Å². The molecule has 0 radical (unpaired) electrons. The fourth-order valence-corrected chi connectivity index (χ4v) is 5.91. The largest absolute Gasteiger partial charge is 1.00 e. The average Bonchev–Trinajstić information content (AvgIpc) is 2.99. The Morgan fingerprint density at radius 2 is 0.955 bits per heavy atom. The second-order valence-electron chi connectivity index (χ2n) is 11.9. The van der Waals surface area contributed by atoms with Crippen LogP contribution in [0.2, 0.25) is 0 Å². The molecule has 1 rings (SSSR count). The number of carbonyl (C=O) groups excluding carboxylic acids is 2. The van der Waals surface area contributed by atoms with Crippen molar-refractivity contribution in [1.29, 1.82) is 0 Å². The second-order valence-corrected chi connectivity index (χ2v) is 13.5. The van der Waals surface area contributed by atoms with E-state index in [1.807, 2.05) is 0 Å².